The van der Waals surface area contributed by atoms with E-state index in [1.807, 2.05) is 0 Å². The fourth-order valence-electron chi connectivity index (χ4n) is 1.76. The van der Waals surface area contributed by atoms with Gasteiger partial charge in [-0.05, 0) is 82.3 Å². The molecule has 0 bridgehead atoms. The molecule has 0 aromatic heterocycles. The summed E-state index contributed by atoms with van der Waals surface area (Å²) in [6.45, 7) is 4.32. The molecule has 0 saturated carbocycles. The topological polar surface area (TPSA) is 0 Å². The van der Waals surface area contributed by atoms with Crippen molar-refractivity contribution in [3.05, 3.63) is 54.7 Å². The molecule has 0 saturated heterocycles. The highest BCUT2D eigenvalue weighted by Crippen LogP contribution is 2.32. The highest BCUT2D eigenvalue weighted by Gasteiger charge is 2.09. The summed E-state index contributed by atoms with van der Waals surface area (Å²) in [4.78, 5) is 0. The van der Waals surface area contributed by atoms with Gasteiger partial charge in [0.2, 0.25) is 0 Å². The predicted octanol–water partition coefficient (Wildman–Crippen LogP) is 5.18. The number of rotatable bonds is 1. The Kier molecular flexibility index (Phi) is 3.89. The van der Waals surface area contributed by atoms with Crippen LogP contribution in [0.25, 0.3) is 11.1 Å². The number of benzene rings is 2. The molecule has 0 heterocycles. The highest BCUT2D eigenvalue weighted by molar-refractivity contribution is 14.1. The van der Waals surface area contributed by atoms with E-state index in [0.29, 0.717) is 0 Å². The van der Waals surface area contributed by atoms with Crippen LogP contribution in [0.3, 0.4) is 0 Å². The molecule has 0 amide bonds. The van der Waals surface area contributed by atoms with E-state index in [2.05, 4.69) is 95.4 Å². The zero-order valence-electron chi connectivity index (χ0n) is 9.22. The van der Waals surface area contributed by atoms with E-state index in [9.17, 15) is 0 Å². The van der Waals surface area contributed by atoms with Crippen molar-refractivity contribution in [3.8, 4) is 11.1 Å². The Hall–Kier alpha value is -0.100. The second-order valence-corrected chi connectivity index (χ2v) is 6.24. The van der Waals surface area contributed by atoms with Crippen molar-refractivity contribution in [3.63, 3.8) is 0 Å². The lowest BCUT2D eigenvalue weighted by Crippen LogP contribution is -1.91. The van der Waals surface area contributed by atoms with Crippen molar-refractivity contribution in [2.24, 2.45) is 0 Å². The van der Waals surface area contributed by atoms with Crippen LogP contribution in [0.5, 0.6) is 0 Å². The van der Waals surface area contributed by atoms with Crippen LogP contribution in [0.4, 0.5) is 0 Å². The first-order chi connectivity index (χ1) is 7.59. The molecule has 0 N–H and O–H groups in total. The molecule has 0 spiro atoms. The summed E-state index contributed by atoms with van der Waals surface area (Å²) in [5.41, 5.74) is 5.38. The molecule has 82 valence electrons. The zero-order chi connectivity index (χ0) is 11.7. The molecular weight excluding hydrogens is 422 g/mol. The maximum absolute atomic E-state index is 2.41. The van der Waals surface area contributed by atoms with Gasteiger partial charge < -0.3 is 0 Å². The van der Waals surface area contributed by atoms with Crippen LogP contribution < -0.4 is 0 Å². The Morgan fingerprint density at radius 3 is 2.12 bits per heavy atom. The SMILES string of the molecule is Cc1ccc(C)c(-c2c(I)cccc2I)c1. The largest absolute Gasteiger partial charge is 0.0601 e. The van der Waals surface area contributed by atoms with Crippen molar-refractivity contribution < 1.29 is 0 Å². The van der Waals surface area contributed by atoms with Crippen LogP contribution in [0.1, 0.15) is 11.1 Å². The quantitative estimate of drug-likeness (QED) is 0.543. The summed E-state index contributed by atoms with van der Waals surface area (Å²) in [5, 5.41) is 0. The monoisotopic (exact) mass is 434 g/mol. The molecule has 0 nitrogen and oxygen atoms in total. The van der Waals surface area contributed by atoms with Crippen molar-refractivity contribution in [1.82, 2.24) is 0 Å². The van der Waals surface area contributed by atoms with E-state index in [4.69, 9.17) is 0 Å². The zero-order valence-corrected chi connectivity index (χ0v) is 13.5. The van der Waals surface area contributed by atoms with Gasteiger partial charge >= 0.3 is 0 Å². The molecule has 2 heteroatoms. The number of halogens is 2. The molecule has 2 aromatic carbocycles. The summed E-state index contributed by atoms with van der Waals surface area (Å²) < 4.78 is 2.64. The third-order valence-corrected chi connectivity index (χ3v) is 4.42. The van der Waals surface area contributed by atoms with E-state index >= 15 is 0 Å². The fraction of sp³-hybridized carbons (Fsp3) is 0.143. The Bertz CT molecular complexity index is 510. The van der Waals surface area contributed by atoms with Crippen molar-refractivity contribution >= 4 is 45.2 Å². The van der Waals surface area contributed by atoms with Gasteiger partial charge in [0.05, 0.1) is 0 Å². The Balaban J connectivity index is 2.72. The van der Waals surface area contributed by atoms with Gasteiger partial charge in [-0.1, -0.05) is 29.8 Å². The second kappa shape index (κ2) is 5.04. The van der Waals surface area contributed by atoms with Gasteiger partial charge in [-0.15, -0.1) is 0 Å². The van der Waals surface area contributed by atoms with Gasteiger partial charge in [0.1, 0.15) is 0 Å². The standard InChI is InChI=1S/C14H12I2/c1-9-6-7-10(2)11(8-9)14-12(15)4-3-5-13(14)16/h3-8H,1-2H3. The number of aryl methyl sites for hydroxylation is 2. The minimum Gasteiger partial charge on any atom is -0.0601 e. The van der Waals surface area contributed by atoms with Gasteiger partial charge in [0.15, 0.2) is 0 Å². The second-order valence-electron chi connectivity index (χ2n) is 3.92. The van der Waals surface area contributed by atoms with Crippen molar-refractivity contribution in [2.45, 2.75) is 13.8 Å². The van der Waals surface area contributed by atoms with Crippen LogP contribution in [-0.4, -0.2) is 0 Å². The first-order valence-corrected chi connectivity index (χ1v) is 7.27. The van der Waals surface area contributed by atoms with E-state index in [0.717, 1.165) is 0 Å². The molecule has 0 unspecified atom stereocenters. The third kappa shape index (κ3) is 2.42. The van der Waals surface area contributed by atoms with Crippen LogP contribution in [0.15, 0.2) is 36.4 Å². The maximum atomic E-state index is 2.41. The molecule has 2 aromatic rings. The van der Waals surface area contributed by atoms with Gasteiger partial charge in [-0.3, -0.25) is 0 Å². The minimum absolute atomic E-state index is 1.32. The molecule has 0 fully saturated rings. The van der Waals surface area contributed by atoms with Gasteiger partial charge in [-0.2, -0.15) is 0 Å². The summed E-state index contributed by atoms with van der Waals surface area (Å²) in [6, 6.07) is 13.1. The highest BCUT2D eigenvalue weighted by atomic mass is 127. The average Bonchev–Trinajstić information content (AvgIpc) is 2.23. The normalized spacial score (nSPS) is 10.5. The van der Waals surface area contributed by atoms with Gasteiger partial charge in [0.25, 0.3) is 0 Å². The molecular formula is C14H12I2. The number of hydrogen-bond acceptors (Lipinski definition) is 0. The summed E-state index contributed by atoms with van der Waals surface area (Å²) in [6.07, 6.45) is 0. The molecule has 0 aliphatic rings. The fourth-order valence-corrected chi connectivity index (χ4v) is 3.85. The number of hydrogen-bond donors (Lipinski definition) is 0. The van der Waals surface area contributed by atoms with Crippen LogP contribution in [0, 0.1) is 21.0 Å². The van der Waals surface area contributed by atoms with E-state index in [-0.39, 0.29) is 0 Å². The first kappa shape index (κ1) is 12.4. The van der Waals surface area contributed by atoms with Crippen molar-refractivity contribution in [1.29, 1.82) is 0 Å². The Morgan fingerprint density at radius 2 is 1.50 bits per heavy atom. The van der Waals surface area contributed by atoms with E-state index in [1.54, 1.807) is 0 Å². The Morgan fingerprint density at radius 1 is 0.875 bits per heavy atom. The lowest BCUT2D eigenvalue weighted by molar-refractivity contribution is 1.38. The summed E-state index contributed by atoms with van der Waals surface area (Å²) >= 11 is 4.83. The van der Waals surface area contributed by atoms with Gasteiger partial charge in [-0.25, -0.2) is 0 Å². The first-order valence-electron chi connectivity index (χ1n) is 5.11. The van der Waals surface area contributed by atoms with E-state index < -0.39 is 0 Å². The molecule has 0 atom stereocenters. The molecule has 0 aliphatic heterocycles. The summed E-state index contributed by atoms with van der Waals surface area (Å²) in [7, 11) is 0. The molecule has 2 rings (SSSR count). The van der Waals surface area contributed by atoms with E-state index in [1.165, 1.54) is 29.4 Å². The van der Waals surface area contributed by atoms with Crippen LogP contribution in [0.2, 0.25) is 0 Å². The van der Waals surface area contributed by atoms with Crippen LogP contribution >= 0.6 is 45.2 Å². The van der Waals surface area contributed by atoms with Crippen LogP contribution in [-0.2, 0) is 0 Å². The molecule has 0 radical (unpaired) electrons. The third-order valence-electron chi connectivity index (χ3n) is 2.63. The summed E-state index contributed by atoms with van der Waals surface area (Å²) in [5.74, 6) is 0. The smallest absolute Gasteiger partial charge is 0.0219 e. The molecule has 0 aliphatic carbocycles. The lowest BCUT2D eigenvalue weighted by atomic mass is 9.99. The predicted molar refractivity (Wildman–Crippen MR) is 86.8 cm³/mol. The lowest BCUT2D eigenvalue weighted by Gasteiger charge is -2.11. The Labute approximate surface area is 124 Å². The van der Waals surface area contributed by atoms with Crippen molar-refractivity contribution in [2.75, 3.05) is 0 Å². The minimum atomic E-state index is 1.32. The molecule has 16 heavy (non-hydrogen) atoms. The maximum Gasteiger partial charge on any atom is 0.0219 e. The average molecular weight is 434 g/mol. The van der Waals surface area contributed by atoms with Gasteiger partial charge in [0, 0.05) is 12.7 Å².